The van der Waals surface area contributed by atoms with Gasteiger partial charge in [-0.2, -0.15) is 0 Å². The highest BCUT2D eigenvalue weighted by Crippen LogP contribution is 2.47. The molecule has 0 aromatic carbocycles. The van der Waals surface area contributed by atoms with Crippen LogP contribution in [0.5, 0.6) is 0 Å². The van der Waals surface area contributed by atoms with Crippen molar-refractivity contribution in [3.05, 3.63) is 0 Å². The standard InChI is InChI=1S/C12H18N2O7/c15-5-3-13-7-4-2-14-10(11(19)20)12(4,1-6(16)17)21-9(7)8(5)18/h4-5,7-10,13-15,18H,1-3H2,(H,16,17)(H,19,20)/t4-,5+,7-,8+,9+,10-,12+/m0/s1. The Labute approximate surface area is 119 Å². The number of aliphatic hydroxyl groups excluding tert-OH is 2. The van der Waals surface area contributed by atoms with Crippen LogP contribution in [-0.2, 0) is 14.3 Å². The zero-order valence-corrected chi connectivity index (χ0v) is 11.1. The average Bonchev–Trinajstić information content (AvgIpc) is 2.87. The SMILES string of the molecule is O=C(O)C[C@@]12O[C@H]3[C@H](O)[C@H](O)CN[C@H]3[C@@H]1CN[C@H]2C(=O)O. The third-order valence-corrected chi connectivity index (χ3v) is 4.77. The van der Waals surface area contributed by atoms with Crippen molar-refractivity contribution in [2.75, 3.05) is 13.1 Å². The zero-order chi connectivity index (χ0) is 15.4. The first kappa shape index (κ1) is 14.7. The van der Waals surface area contributed by atoms with Gasteiger partial charge in [-0.25, -0.2) is 0 Å². The second-order valence-corrected chi connectivity index (χ2v) is 5.89. The molecule has 3 saturated heterocycles. The number of β-amino-alcohol motifs (C(OH)–C–C–N with tert-alkyl or cyclic N) is 1. The van der Waals surface area contributed by atoms with Gasteiger partial charge in [-0.1, -0.05) is 0 Å². The van der Waals surface area contributed by atoms with Crippen molar-refractivity contribution in [1.82, 2.24) is 10.6 Å². The van der Waals surface area contributed by atoms with Gasteiger partial charge in [0.1, 0.15) is 23.9 Å². The van der Waals surface area contributed by atoms with E-state index >= 15 is 0 Å². The highest BCUT2D eigenvalue weighted by molar-refractivity contribution is 5.79. The second kappa shape index (κ2) is 4.89. The van der Waals surface area contributed by atoms with Crippen molar-refractivity contribution in [1.29, 1.82) is 0 Å². The van der Waals surface area contributed by atoms with E-state index in [9.17, 15) is 24.9 Å². The predicted molar refractivity (Wildman–Crippen MR) is 66.6 cm³/mol. The number of nitrogens with one attached hydrogen (secondary N) is 2. The molecule has 0 bridgehead atoms. The van der Waals surface area contributed by atoms with Gasteiger partial charge in [-0.3, -0.25) is 9.59 Å². The molecule has 118 valence electrons. The maximum atomic E-state index is 11.4. The molecule has 0 spiro atoms. The number of piperidine rings is 1. The summed E-state index contributed by atoms with van der Waals surface area (Å²) >= 11 is 0. The second-order valence-electron chi connectivity index (χ2n) is 5.89. The molecule has 3 rings (SSSR count). The molecule has 21 heavy (non-hydrogen) atoms. The minimum atomic E-state index is -1.43. The molecular weight excluding hydrogens is 284 g/mol. The number of rotatable bonds is 3. The molecular formula is C12H18N2O7. The normalized spacial score (nSPS) is 48.7. The number of ether oxygens (including phenoxy) is 1. The van der Waals surface area contributed by atoms with Gasteiger partial charge < -0.3 is 35.8 Å². The van der Waals surface area contributed by atoms with Crippen LogP contribution in [0, 0.1) is 5.92 Å². The average molecular weight is 302 g/mol. The van der Waals surface area contributed by atoms with Gasteiger partial charge in [-0.05, 0) is 0 Å². The lowest BCUT2D eigenvalue weighted by atomic mass is 9.78. The summed E-state index contributed by atoms with van der Waals surface area (Å²) < 4.78 is 5.75. The zero-order valence-electron chi connectivity index (χ0n) is 11.1. The van der Waals surface area contributed by atoms with Gasteiger partial charge in [0.15, 0.2) is 0 Å². The minimum Gasteiger partial charge on any atom is -0.481 e. The van der Waals surface area contributed by atoms with Crippen molar-refractivity contribution in [2.24, 2.45) is 5.92 Å². The van der Waals surface area contributed by atoms with Gasteiger partial charge in [0.05, 0.1) is 12.5 Å². The molecule has 9 nitrogen and oxygen atoms in total. The van der Waals surface area contributed by atoms with E-state index in [1.807, 2.05) is 0 Å². The van der Waals surface area contributed by atoms with Gasteiger partial charge in [0.25, 0.3) is 0 Å². The molecule has 0 aliphatic carbocycles. The van der Waals surface area contributed by atoms with Gasteiger partial charge in [0.2, 0.25) is 0 Å². The number of carbonyl (C=O) groups is 2. The van der Waals surface area contributed by atoms with Gasteiger partial charge in [-0.15, -0.1) is 0 Å². The predicted octanol–water partition coefficient (Wildman–Crippen LogP) is -3.04. The minimum absolute atomic E-state index is 0.156. The third kappa shape index (κ3) is 2.04. The smallest absolute Gasteiger partial charge is 0.323 e. The van der Waals surface area contributed by atoms with Crippen LogP contribution in [0.4, 0.5) is 0 Å². The van der Waals surface area contributed by atoms with E-state index in [0.717, 1.165) is 0 Å². The third-order valence-electron chi connectivity index (χ3n) is 4.77. The first-order valence-electron chi connectivity index (χ1n) is 6.82. The van der Waals surface area contributed by atoms with E-state index in [1.54, 1.807) is 0 Å². The summed E-state index contributed by atoms with van der Waals surface area (Å²) in [5.41, 5.74) is -1.43. The molecule has 0 saturated carbocycles. The lowest BCUT2D eigenvalue weighted by Gasteiger charge is -2.35. The summed E-state index contributed by atoms with van der Waals surface area (Å²) in [7, 11) is 0. The van der Waals surface area contributed by atoms with Crippen LogP contribution in [0.1, 0.15) is 6.42 Å². The Balaban J connectivity index is 1.96. The molecule has 0 unspecified atom stereocenters. The first-order valence-corrected chi connectivity index (χ1v) is 6.82. The molecule has 6 N–H and O–H groups in total. The fourth-order valence-electron chi connectivity index (χ4n) is 3.89. The number of aliphatic carboxylic acids is 2. The van der Waals surface area contributed by atoms with E-state index in [1.165, 1.54) is 0 Å². The van der Waals surface area contributed by atoms with Crippen LogP contribution >= 0.6 is 0 Å². The van der Waals surface area contributed by atoms with Crippen molar-refractivity contribution in [3.63, 3.8) is 0 Å². The maximum Gasteiger partial charge on any atom is 0.323 e. The summed E-state index contributed by atoms with van der Waals surface area (Å²) in [6, 6.07) is -1.55. The van der Waals surface area contributed by atoms with Crippen molar-refractivity contribution in [3.8, 4) is 0 Å². The van der Waals surface area contributed by atoms with Crippen LogP contribution in [0.3, 0.4) is 0 Å². The number of hydrogen-bond acceptors (Lipinski definition) is 7. The summed E-state index contributed by atoms with van der Waals surface area (Å²) in [4.78, 5) is 22.6. The van der Waals surface area contributed by atoms with E-state index in [0.29, 0.717) is 0 Å². The number of carboxylic acid groups (broad SMARTS) is 2. The molecule has 0 aromatic heterocycles. The fourth-order valence-corrected chi connectivity index (χ4v) is 3.89. The fraction of sp³-hybridized carbons (Fsp3) is 0.833. The lowest BCUT2D eigenvalue weighted by molar-refractivity contribution is -0.168. The Hall–Kier alpha value is -1.26. The van der Waals surface area contributed by atoms with Crippen LogP contribution in [0.15, 0.2) is 0 Å². The number of fused-ring (bicyclic) bond motifs is 3. The summed E-state index contributed by atoms with van der Waals surface area (Å²) in [5, 5.41) is 44.0. The molecule has 3 aliphatic rings. The molecule has 3 aliphatic heterocycles. The molecule has 3 fully saturated rings. The van der Waals surface area contributed by atoms with E-state index < -0.39 is 54.2 Å². The lowest BCUT2D eigenvalue weighted by Crippen LogP contribution is -2.60. The highest BCUT2D eigenvalue weighted by Gasteiger charge is 2.66. The Morgan fingerprint density at radius 2 is 1.90 bits per heavy atom. The Morgan fingerprint density at radius 1 is 1.19 bits per heavy atom. The largest absolute Gasteiger partial charge is 0.481 e. The molecule has 0 aromatic rings. The molecule has 7 atom stereocenters. The summed E-state index contributed by atoms with van der Waals surface area (Å²) in [6.07, 6.45) is -3.48. The van der Waals surface area contributed by atoms with E-state index in [2.05, 4.69) is 10.6 Å². The summed E-state index contributed by atoms with van der Waals surface area (Å²) in [5.74, 6) is -2.75. The number of hydrogen-bond donors (Lipinski definition) is 6. The monoisotopic (exact) mass is 302 g/mol. The molecule has 0 radical (unpaired) electrons. The highest BCUT2D eigenvalue weighted by atomic mass is 16.5. The Kier molecular flexibility index (Phi) is 3.41. The molecule has 9 heteroatoms. The van der Waals surface area contributed by atoms with Crippen LogP contribution in [0.25, 0.3) is 0 Å². The van der Waals surface area contributed by atoms with E-state index in [4.69, 9.17) is 9.84 Å². The Bertz CT molecular complexity index is 473. The van der Waals surface area contributed by atoms with Crippen molar-refractivity contribution in [2.45, 2.75) is 42.4 Å². The molecule has 3 heterocycles. The maximum absolute atomic E-state index is 11.4. The quantitative estimate of drug-likeness (QED) is 0.320. The van der Waals surface area contributed by atoms with Crippen molar-refractivity contribution < 1.29 is 34.8 Å². The van der Waals surface area contributed by atoms with Crippen molar-refractivity contribution >= 4 is 11.9 Å². The van der Waals surface area contributed by atoms with Gasteiger partial charge in [0, 0.05) is 25.0 Å². The number of aliphatic hydroxyl groups is 2. The van der Waals surface area contributed by atoms with E-state index in [-0.39, 0.29) is 19.1 Å². The molecule has 0 amide bonds. The summed E-state index contributed by atoms with van der Waals surface area (Å²) in [6.45, 7) is 0.435. The van der Waals surface area contributed by atoms with Crippen LogP contribution < -0.4 is 10.6 Å². The Morgan fingerprint density at radius 3 is 2.52 bits per heavy atom. The first-order chi connectivity index (χ1) is 9.86. The van der Waals surface area contributed by atoms with Crippen LogP contribution in [-0.4, -0.2) is 81.5 Å². The van der Waals surface area contributed by atoms with Gasteiger partial charge >= 0.3 is 11.9 Å². The topological polar surface area (TPSA) is 148 Å². The van der Waals surface area contributed by atoms with Crippen LogP contribution in [0.2, 0.25) is 0 Å². The number of carboxylic acids is 2.